The van der Waals surface area contributed by atoms with Crippen LogP contribution in [0.25, 0.3) is 0 Å². The van der Waals surface area contributed by atoms with Gasteiger partial charge in [-0.3, -0.25) is 0 Å². The topological polar surface area (TPSA) is 32.3 Å². The smallest absolute Gasteiger partial charge is 0.127 e. The van der Waals surface area contributed by atoms with Crippen LogP contribution < -0.4 is 5.32 Å². The van der Waals surface area contributed by atoms with Gasteiger partial charge in [-0.15, -0.1) is 0 Å². The van der Waals surface area contributed by atoms with Crippen LogP contribution in [0.4, 0.5) is 4.39 Å². The van der Waals surface area contributed by atoms with Gasteiger partial charge in [0, 0.05) is 24.3 Å². The van der Waals surface area contributed by atoms with E-state index in [1.807, 2.05) is 19.9 Å². The van der Waals surface area contributed by atoms with Gasteiger partial charge in [-0.2, -0.15) is 0 Å². The Balaban J connectivity index is 2.61. The highest BCUT2D eigenvalue weighted by Crippen LogP contribution is 2.16. The Morgan fingerprint density at radius 2 is 2.00 bits per heavy atom. The zero-order chi connectivity index (χ0) is 11.3. The van der Waals surface area contributed by atoms with E-state index < -0.39 is 0 Å². The molecule has 0 heterocycles. The van der Waals surface area contributed by atoms with Crippen molar-refractivity contribution in [2.75, 3.05) is 6.61 Å². The van der Waals surface area contributed by atoms with Crippen LogP contribution in [-0.2, 0) is 0 Å². The number of rotatable bonds is 5. The van der Waals surface area contributed by atoms with Crippen molar-refractivity contribution in [3.8, 4) is 0 Å². The molecular formula is C12H18FNO. The molecular weight excluding hydrogens is 193 g/mol. The molecule has 1 unspecified atom stereocenters. The van der Waals surface area contributed by atoms with Gasteiger partial charge in [-0.05, 0) is 26.3 Å². The predicted molar refractivity (Wildman–Crippen MR) is 59.1 cm³/mol. The van der Waals surface area contributed by atoms with Crippen molar-refractivity contribution in [3.05, 3.63) is 35.6 Å². The molecule has 0 aliphatic rings. The van der Waals surface area contributed by atoms with Crippen LogP contribution in [0, 0.1) is 5.82 Å². The molecule has 2 N–H and O–H groups in total. The molecule has 2 nitrogen and oxygen atoms in total. The van der Waals surface area contributed by atoms with Gasteiger partial charge in [0.15, 0.2) is 0 Å². The molecule has 2 atom stereocenters. The first-order chi connectivity index (χ1) is 7.15. The minimum Gasteiger partial charge on any atom is -0.396 e. The molecule has 0 fully saturated rings. The van der Waals surface area contributed by atoms with Crippen molar-refractivity contribution in [1.82, 2.24) is 5.32 Å². The molecule has 84 valence electrons. The lowest BCUT2D eigenvalue weighted by Crippen LogP contribution is -2.30. The van der Waals surface area contributed by atoms with Gasteiger partial charge in [-0.1, -0.05) is 18.2 Å². The summed E-state index contributed by atoms with van der Waals surface area (Å²) in [6, 6.07) is 6.90. The fourth-order valence-electron chi connectivity index (χ4n) is 1.62. The lowest BCUT2D eigenvalue weighted by molar-refractivity contribution is 0.264. The second-order valence-electron chi connectivity index (χ2n) is 3.82. The van der Waals surface area contributed by atoms with Gasteiger partial charge in [0.25, 0.3) is 0 Å². The molecule has 0 bridgehead atoms. The SMILES string of the molecule is CC(N[C@H](C)CCO)c1ccccc1F. The zero-order valence-electron chi connectivity index (χ0n) is 9.20. The van der Waals surface area contributed by atoms with E-state index in [-0.39, 0.29) is 24.5 Å². The Labute approximate surface area is 90.1 Å². The molecule has 0 saturated carbocycles. The van der Waals surface area contributed by atoms with E-state index in [0.29, 0.717) is 12.0 Å². The van der Waals surface area contributed by atoms with Gasteiger partial charge in [-0.25, -0.2) is 4.39 Å². The molecule has 0 aromatic heterocycles. The summed E-state index contributed by atoms with van der Waals surface area (Å²) in [6.45, 7) is 4.05. The predicted octanol–water partition coefficient (Wildman–Crippen LogP) is 2.25. The van der Waals surface area contributed by atoms with Crippen molar-refractivity contribution in [3.63, 3.8) is 0 Å². The van der Waals surface area contributed by atoms with Crippen molar-refractivity contribution < 1.29 is 9.50 Å². The molecule has 0 amide bonds. The largest absolute Gasteiger partial charge is 0.396 e. The van der Waals surface area contributed by atoms with Crippen molar-refractivity contribution in [2.24, 2.45) is 0 Å². The summed E-state index contributed by atoms with van der Waals surface area (Å²) in [7, 11) is 0. The Kier molecular flexibility index (Phi) is 4.72. The maximum Gasteiger partial charge on any atom is 0.127 e. The highest BCUT2D eigenvalue weighted by Gasteiger charge is 2.12. The maximum atomic E-state index is 13.4. The molecule has 1 rings (SSSR count). The van der Waals surface area contributed by atoms with E-state index in [1.165, 1.54) is 6.07 Å². The minimum atomic E-state index is -0.186. The fraction of sp³-hybridized carbons (Fsp3) is 0.500. The summed E-state index contributed by atoms with van der Waals surface area (Å²) in [6.07, 6.45) is 0.679. The summed E-state index contributed by atoms with van der Waals surface area (Å²) in [5, 5.41) is 12.0. The number of halogens is 1. The van der Waals surface area contributed by atoms with Gasteiger partial charge < -0.3 is 10.4 Å². The van der Waals surface area contributed by atoms with Crippen molar-refractivity contribution >= 4 is 0 Å². The third-order valence-corrected chi connectivity index (χ3v) is 2.47. The first-order valence-electron chi connectivity index (χ1n) is 5.26. The lowest BCUT2D eigenvalue weighted by atomic mass is 10.1. The molecule has 1 aromatic rings. The number of hydrogen-bond acceptors (Lipinski definition) is 2. The molecule has 0 aliphatic carbocycles. The van der Waals surface area contributed by atoms with Gasteiger partial charge >= 0.3 is 0 Å². The van der Waals surface area contributed by atoms with Crippen LogP contribution in [0.2, 0.25) is 0 Å². The van der Waals surface area contributed by atoms with E-state index >= 15 is 0 Å². The van der Waals surface area contributed by atoms with Crippen LogP contribution in [0.3, 0.4) is 0 Å². The second-order valence-corrected chi connectivity index (χ2v) is 3.82. The quantitative estimate of drug-likeness (QED) is 0.783. The molecule has 15 heavy (non-hydrogen) atoms. The molecule has 3 heteroatoms. The average Bonchev–Trinajstić information content (AvgIpc) is 2.18. The fourth-order valence-corrected chi connectivity index (χ4v) is 1.62. The number of benzene rings is 1. The maximum absolute atomic E-state index is 13.4. The molecule has 1 aromatic carbocycles. The van der Waals surface area contributed by atoms with Crippen LogP contribution >= 0.6 is 0 Å². The average molecular weight is 211 g/mol. The summed E-state index contributed by atoms with van der Waals surface area (Å²) in [4.78, 5) is 0. The highest BCUT2D eigenvalue weighted by atomic mass is 19.1. The number of aliphatic hydroxyl groups excluding tert-OH is 1. The summed E-state index contributed by atoms with van der Waals surface area (Å²) in [5.74, 6) is -0.186. The van der Waals surface area contributed by atoms with E-state index in [9.17, 15) is 4.39 Å². The van der Waals surface area contributed by atoms with Gasteiger partial charge in [0.2, 0.25) is 0 Å². The van der Waals surface area contributed by atoms with Gasteiger partial charge in [0.1, 0.15) is 5.82 Å². The molecule has 0 radical (unpaired) electrons. The summed E-state index contributed by atoms with van der Waals surface area (Å²) >= 11 is 0. The minimum absolute atomic E-state index is 0.0345. The first-order valence-corrected chi connectivity index (χ1v) is 5.26. The lowest BCUT2D eigenvalue weighted by Gasteiger charge is -2.20. The Bertz CT molecular complexity index is 303. The van der Waals surface area contributed by atoms with E-state index in [0.717, 1.165) is 0 Å². The molecule has 0 spiro atoms. The number of aliphatic hydroxyl groups is 1. The van der Waals surface area contributed by atoms with Crippen LogP contribution in [0.1, 0.15) is 31.9 Å². The van der Waals surface area contributed by atoms with Gasteiger partial charge in [0.05, 0.1) is 0 Å². The standard InChI is InChI=1S/C12H18FNO/c1-9(7-8-15)14-10(2)11-5-3-4-6-12(11)13/h3-6,9-10,14-15H,7-8H2,1-2H3/t9-,10?/m1/s1. The van der Waals surface area contributed by atoms with E-state index in [2.05, 4.69) is 5.32 Å². The molecule has 0 saturated heterocycles. The highest BCUT2D eigenvalue weighted by molar-refractivity contribution is 5.20. The van der Waals surface area contributed by atoms with E-state index in [1.54, 1.807) is 12.1 Å². The second kappa shape index (κ2) is 5.83. The summed E-state index contributed by atoms with van der Waals surface area (Å²) in [5.41, 5.74) is 0.669. The number of hydrogen-bond donors (Lipinski definition) is 2. The molecule has 0 aliphatic heterocycles. The monoisotopic (exact) mass is 211 g/mol. The normalized spacial score (nSPS) is 14.9. The Hall–Kier alpha value is -0.930. The zero-order valence-corrected chi connectivity index (χ0v) is 9.20. The number of nitrogens with one attached hydrogen (secondary N) is 1. The third-order valence-electron chi connectivity index (χ3n) is 2.47. The first kappa shape index (κ1) is 12.1. The van der Waals surface area contributed by atoms with Crippen LogP contribution in [0.5, 0.6) is 0 Å². The van der Waals surface area contributed by atoms with E-state index in [4.69, 9.17) is 5.11 Å². The van der Waals surface area contributed by atoms with Crippen molar-refractivity contribution in [2.45, 2.75) is 32.4 Å². The van der Waals surface area contributed by atoms with Crippen LogP contribution in [0.15, 0.2) is 24.3 Å². The Morgan fingerprint density at radius 1 is 1.33 bits per heavy atom. The van der Waals surface area contributed by atoms with Crippen molar-refractivity contribution in [1.29, 1.82) is 0 Å². The third kappa shape index (κ3) is 3.61. The van der Waals surface area contributed by atoms with Crippen LogP contribution in [-0.4, -0.2) is 17.8 Å². The summed E-state index contributed by atoms with van der Waals surface area (Å²) < 4.78 is 13.4. The Morgan fingerprint density at radius 3 is 2.60 bits per heavy atom.